The van der Waals surface area contributed by atoms with E-state index in [1.807, 2.05) is 32.3 Å². The Bertz CT molecular complexity index is 783. The Morgan fingerprint density at radius 2 is 1.96 bits per heavy atom. The number of nitrogens with zero attached hydrogens (tertiary/aromatic N) is 4. The minimum Gasteiger partial charge on any atom is -0.353 e. The van der Waals surface area contributed by atoms with E-state index in [1.165, 1.54) is 43.0 Å². The van der Waals surface area contributed by atoms with Gasteiger partial charge in [0.2, 0.25) is 5.91 Å². The molecule has 1 atom stereocenters. The SMILES string of the molecule is CN(C)[C@@H](CNC(=O)CSc1nnc(C2CC2)n1C1CC1)c1ccccc1. The first-order valence-corrected chi connectivity index (χ1v) is 10.7. The van der Waals surface area contributed by atoms with Crippen LogP contribution in [0.5, 0.6) is 0 Å². The maximum absolute atomic E-state index is 12.4. The number of amides is 1. The van der Waals surface area contributed by atoms with Gasteiger partial charge in [-0.3, -0.25) is 4.79 Å². The van der Waals surface area contributed by atoms with Gasteiger partial charge in [-0.15, -0.1) is 10.2 Å². The third-order valence-electron chi connectivity index (χ3n) is 5.18. The molecule has 27 heavy (non-hydrogen) atoms. The molecule has 0 aliphatic heterocycles. The van der Waals surface area contributed by atoms with Crippen molar-refractivity contribution >= 4 is 17.7 Å². The lowest BCUT2D eigenvalue weighted by Gasteiger charge is -2.25. The average molecular weight is 386 g/mol. The van der Waals surface area contributed by atoms with Gasteiger partial charge in [0.25, 0.3) is 0 Å². The van der Waals surface area contributed by atoms with Crippen molar-refractivity contribution < 1.29 is 4.79 Å². The van der Waals surface area contributed by atoms with Gasteiger partial charge in [-0.25, -0.2) is 0 Å². The third-order valence-corrected chi connectivity index (χ3v) is 6.12. The topological polar surface area (TPSA) is 63.1 Å². The molecule has 144 valence electrons. The zero-order valence-electron chi connectivity index (χ0n) is 16.0. The van der Waals surface area contributed by atoms with Crippen molar-refractivity contribution in [2.75, 3.05) is 26.4 Å². The smallest absolute Gasteiger partial charge is 0.230 e. The average Bonchev–Trinajstić information content (AvgIpc) is 3.59. The van der Waals surface area contributed by atoms with Gasteiger partial charge < -0.3 is 14.8 Å². The number of hydrogen-bond acceptors (Lipinski definition) is 5. The Hall–Kier alpha value is -1.86. The van der Waals surface area contributed by atoms with Gasteiger partial charge in [0.1, 0.15) is 5.82 Å². The number of hydrogen-bond donors (Lipinski definition) is 1. The fourth-order valence-corrected chi connectivity index (χ4v) is 4.19. The van der Waals surface area contributed by atoms with E-state index in [9.17, 15) is 4.79 Å². The van der Waals surface area contributed by atoms with Crippen LogP contribution in [-0.2, 0) is 4.79 Å². The number of carbonyl (C=O) groups is 1. The Balaban J connectivity index is 1.32. The fraction of sp³-hybridized carbons (Fsp3) is 0.550. The highest BCUT2D eigenvalue weighted by Gasteiger charge is 2.36. The molecule has 0 radical (unpaired) electrons. The first-order chi connectivity index (χ1) is 13.1. The zero-order chi connectivity index (χ0) is 18.8. The van der Waals surface area contributed by atoms with Gasteiger partial charge in [-0.2, -0.15) is 0 Å². The van der Waals surface area contributed by atoms with Crippen LogP contribution in [0.2, 0.25) is 0 Å². The Kier molecular flexibility index (Phi) is 5.50. The second-order valence-electron chi connectivity index (χ2n) is 7.70. The molecule has 1 amide bonds. The highest BCUT2D eigenvalue weighted by Crippen LogP contribution is 2.45. The molecule has 6 nitrogen and oxygen atoms in total. The lowest BCUT2D eigenvalue weighted by molar-refractivity contribution is -0.118. The lowest BCUT2D eigenvalue weighted by atomic mass is 10.1. The molecule has 1 aromatic heterocycles. The zero-order valence-corrected chi connectivity index (χ0v) is 16.8. The third kappa shape index (κ3) is 4.52. The maximum Gasteiger partial charge on any atom is 0.230 e. The van der Waals surface area contributed by atoms with E-state index in [-0.39, 0.29) is 11.9 Å². The van der Waals surface area contributed by atoms with Gasteiger partial charge in [0.05, 0.1) is 11.8 Å². The summed E-state index contributed by atoms with van der Waals surface area (Å²) in [7, 11) is 4.08. The molecule has 0 unspecified atom stereocenters. The van der Waals surface area contributed by atoms with Crippen molar-refractivity contribution in [3.8, 4) is 0 Å². The quantitative estimate of drug-likeness (QED) is 0.673. The summed E-state index contributed by atoms with van der Waals surface area (Å²) in [5, 5.41) is 12.8. The highest BCUT2D eigenvalue weighted by molar-refractivity contribution is 7.99. The summed E-state index contributed by atoms with van der Waals surface area (Å²) in [6.07, 6.45) is 4.86. The number of aromatic nitrogens is 3. The van der Waals surface area contributed by atoms with E-state index in [0.29, 0.717) is 24.3 Å². The largest absolute Gasteiger partial charge is 0.353 e. The molecule has 0 saturated heterocycles. The van der Waals surface area contributed by atoms with Gasteiger partial charge in [0, 0.05) is 18.5 Å². The summed E-state index contributed by atoms with van der Waals surface area (Å²) in [6.45, 7) is 0.596. The molecule has 4 rings (SSSR count). The van der Waals surface area contributed by atoms with Crippen molar-refractivity contribution in [2.24, 2.45) is 0 Å². The molecule has 1 aromatic carbocycles. The maximum atomic E-state index is 12.4. The van der Waals surface area contributed by atoms with Crippen LogP contribution < -0.4 is 5.32 Å². The Morgan fingerprint density at radius 1 is 1.22 bits per heavy atom. The second-order valence-corrected chi connectivity index (χ2v) is 8.64. The van der Waals surface area contributed by atoms with Gasteiger partial charge >= 0.3 is 0 Å². The van der Waals surface area contributed by atoms with Crippen LogP contribution in [-0.4, -0.2) is 52.0 Å². The van der Waals surface area contributed by atoms with E-state index >= 15 is 0 Å². The lowest BCUT2D eigenvalue weighted by Crippen LogP contribution is -2.35. The van der Waals surface area contributed by atoms with Crippen molar-refractivity contribution in [3.05, 3.63) is 41.7 Å². The van der Waals surface area contributed by atoms with Crippen LogP contribution in [0, 0.1) is 0 Å². The minimum absolute atomic E-state index is 0.0427. The Morgan fingerprint density at radius 3 is 2.59 bits per heavy atom. The predicted octanol–water partition coefficient (Wildman–Crippen LogP) is 3.00. The summed E-state index contributed by atoms with van der Waals surface area (Å²) < 4.78 is 2.29. The van der Waals surface area contributed by atoms with Crippen LogP contribution in [0.25, 0.3) is 0 Å². The molecule has 0 bridgehead atoms. The van der Waals surface area contributed by atoms with E-state index in [2.05, 4.69) is 37.1 Å². The molecular weight excluding hydrogens is 358 g/mol. The van der Waals surface area contributed by atoms with Crippen LogP contribution in [0.4, 0.5) is 0 Å². The molecule has 2 aromatic rings. The number of benzene rings is 1. The van der Waals surface area contributed by atoms with Crippen LogP contribution in [0.1, 0.15) is 55.1 Å². The molecule has 7 heteroatoms. The molecular formula is C20H27N5OS. The summed E-state index contributed by atoms with van der Waals surface area (Å²) >= 11 is 1.51. The van der Waals surface area contributed by atoms with Gasteiger partial charge in [-0.05, 0) is 45.3 Å². The fourth-order valence-electron chi connectivity index (χ4n) is 3.35. The predicted molar refractivity (Wildman–Crippen MR) is 107 cm³/mol. The number of nitrogens with one attached hydrogen (secondary N) is 1. The van der Waals surface area contributed by atoms with Crippen molar-refractivity contribution in [3.63, 3.8) is 0 Å². The number of thioether (sulfide) groups is 1. The van der Waals surface area contributed by atoms with Crippen molar-refractivity contribution in [1.82, 2.24) is 25.0 Å². The monoisotopic (exact) mass is 385 g/mol. The summed E-state index contributed by atoms with van der Waals surface area (Å²) in [5.41, 5.74) is 1.21. The summed E-state index contributed by atoms with van der Waals surface area (Å²) in [4.78, 5) is 14.5. The Labute approximate surface area is 164 Å². The molecule has 1 N–H and O–H groups in total. The van der Waals surface area contributed by atoms with E-state index < -0.39 is 0 Å². The van der Waals surface area contributed by atoms with Gasteiger partial charge in [-0.1, -0.05) is 42.1 Å². The molecule has 2 fully saturated rings. The highest BCUT2D eigenvalue weighted by atomic mass is 32.2. The van der Waals surface area contributed by atoms with Crippen LogP contribution >= 0.6 is 11.8 Å². The molecule has 1 heterocycles. The van der Waals surface area contributed by atoms with Crippen LogP contribution in [0.3, 0.4) is 0 Å². The normalized spacial score (nSPS) is 17.9. The summed E-state index contributed by atoms with van der Waals surface area (Å²) in [5.74, 6) is 2.15. The standard InChI is InChI=1S/C20H27N5OS/c1-24(2)17(14-6-4-3-5-7-14)12-21-18(26)13-27-20-23-22-19(15-8-9-15)25(20)16-10-11-16/h3-7,15-17H,8-13H2,1-2H3,(H,21,26)/t17-/m0/s1. The van der Waals surface area contributed by atoms with E-state index in [1.54, 1.807) is 0 Å². The van der Waals surface area contributed by atoms with Crippen molar-refractivity contribution in [2.45, 2.75) is 48.8 Å². The number of carbonyl (C=O) groups excluding carboxylic acids is 1. The molecule has 0 spiro atoms. The first kappa shape index (κ1) is 18.5. The molecule has 2 aliphatic carbocycles. The minimum atomic E-state index is 0.0427. The summed E-state index contributed by atoms with van der Waals surface area (Å²) in [6, 6.07) is 11.0. The first-order valence-electron chi connectivity index (χ1n) is 9.69. The van der Waals surface area contributed by atoms with Crippen LogP contribution in [0.15, 0.2) is 35.5 Å². The van der Waals surface area contributed by atoms with E-state index in [4.69, 9.17) is 0 Å². The van der Waals surface area contributed by atoms with Crippen molar-refractivity contribution in [1.29, 1.82) is 0 Å². The number of likely N-dealkylation sites (N-methyl/N-ethyl adjacent to an activating group) is 1. The van der Waals surface area contributed by atoms with Gasteiger partial charge in [0.15, 0.2) is 5.16 Å². The second kappa shape index (κ2) is 8.02. The molecule has 2 saturated carbocycles. The molecule has 2 aliphatic rings. The van der Waals surface area contributed by atoms with E-state index in [0.717, 1.165) is 11.0 Å². The number of rotatable bonds is 9.